The van der Waals surface area contributed by atoms with Gasteiger partial charge in [-0.3, -0.25) is 28.2 Å². The quantitative estimate of drug-likeness (QED) is 0.235. The van der Waals surface area contributed by atoms with Crippen LogP contribution in [-0.4, -0.2) is 61.6 Å². The van der Waals surface area contributed by atoms with Crippen LogP contribution in [0.3, 0.4) is 0 Å². The minimum absolute atomic E-state index is 0.00845. The molecular formula is C22H31N2O9PS. The summed E-state index contributed by atoms with van der Waals surface area (Å²) < 4.78 is 33.6. The van der Waals surface area contributed by atoms with E-state index in [9.17, 15) is 23.7 Å². The summed E-state index contributed by atoms with van der Waals surface area (Å²) in [5.41, 5.74) is -0.780. The zero-order valence-corrected chi connectivity index (χ0v) is 21.7. The number of rotatable bonds is 12. The maximum Gasteiger partial charge on any atom is 0.530 e. The molecule has 1 aromatic rings. The zero-order valence-electron chi connectivity index (χ0n) is 19.9. The highest BCUT2D eigenvalue weighted by Crippen LogP contribution is 2.56. The number of esters is 1. The summed E-state index contributed by atoms with van der Waals surface area (Å²) in [6.45, 7) is 3.75. The molecule has 2 amide bonds. The molecule has 2 atom stereocenters. The van der Waals surface area contributed by atoms with Crippen molar-refractivity contribution in [2.45, 2.75) is 39.2 Å². The molecule has 0 bridgehead atoms. The molecule has 2 N–H and O–H groups in total. The Morgan fingerprint density at radius 1 is 1.09 bits per heavy atom. The fourth-order valence-corrected chi connectivity index (χ4v) is 5.24. The molecular weight excluding hydrogens is 499 g/mol. The van der Waals surface area contributed by atoms with Crippen molar-refractivity contribution in [2.75, 3.05) is 32.6 Å². The second kappa shape index (κ2) is 13.6. The normalized spacial score (nSPS) is 20.9. The first-order chi connectivity index (χ1) is 16.5. The van der Waals surface area contributed by atoms with Crippen molar-refractivity contribution in [2.24, 2.45) is 5.41 Å². The molecule has 35 heavy (non-hydrogen) atoms. The molecule has 0 spiro atoms. The van der Waals surface area contributed by atoms with Crippen molar-refractivity contribution >= 4 is 42.5 Å². The van der Waals surface area contributed by atoms with Crippen LogP contribution in [-0.2, 0) is 37.5 Å². The highest BCUT2D eigenvalue weighted by Gasteiger charge is 2.49. The van der Waals surface area contributed by atoms with Gasteiger partial charge >= 0.3 is 13.8 Å². The molecule has 11 nitrogen and oxygen atoms in total. The van der Waals surface area contributed by atoms with E-state index in [2.05, 4.69) is 15.4 Å². The number of phosphoric ester groups is 1. The van der Waals surface area contributed by atoms with E-state index in [-0.39, 0.29) is 55.7 Å². The van der Waals surface area contributed by atoms with Gasteiger partial charge in [0.2, 0.25) is 5.91 Å². The Morgan fingerprint density at radius 3 is 2.49 bits per heavy atom. The number of hydrogen-bond donors (Lipinski definition) is 2. The summed E-state index contributed by atoms with van der Waals surface area (Å²) in [6.07, 6.45) is -1.00. The maximum atomic E-state index is 12.9. The van der Waals surface area contributed by atoms with E-state index in [0.29, 0.717) is 5.75 Å². The van der Waals surface area contributed by atoms with Gasteiger partial charge in [-0.25, -0.2) is 4.57 Å². The van der Waals surface area contributed by atoms with Crippen LogP contribution in [0.1, 0.15) is 33.1 Å². The van der Waals surface area contributed by atoms with Crippen molar-refractivity contribution in [3.8, 4) is 5.75 Å². The number of methoxy groups -OCH3 is 1. The SMILES string of the molecule is COC(=O)CCC(=O)SCCNC(=O)CCNC(=O)[C@@H]1OP(=O)(Oc2ccccc2)OCC1(C)C. The third-order valence-corrected chi connectivity index (χ3v) is 7.12. The van der Waals surface area contributed by atoms with Gasteiger partial charge in [-0.2, -0.15) is 0 Å². The third-order valence-electron chi connectivity index (χ3n) is 4.84. The average molecular weight is 531 g/mol. The summed E-state index contributed by atoms with van der Waals surface area (Å²) in [4.78, 5) is 47.4. The second-order valence-electron chi connectivity index (χ2n) is 8.29. The number of phosphoric acid groups is 1. The maximum absolute atomic E-state index is 12.9. The van der Waals surface area contributed by atoms with E-state index in [1.54, 1.807) is 44.2 Å². The van der Waals surface area contributed by atoms with Crippen LogP contribution in [0.15, 0.2) is 30.3 Å². The van der Waals surface area contributed by atoms with Crippen LogP contribution >= 0.6 is 19.6 Å². The number of benzene rings is 1. The molecule has 1 fully saturated rings. The molecule has 1 unspecified atom stereocenters. The first kappa shape index (κ1) is 28.8. The first-order valence-electron chi connectivity index (χ1n) is 11.0. The van der Waals surface area contributed by atoms with Crippen LogP contribution in [0.4, 0.5) is 0 Å². The van der Waals surface area contributed by atoms with Crippen LogP contribution in [0.2, 0.25) is 0 Å². The highest BCUT2D eigenvalue weighted by molar-refractivity contribution is 8.13. The molecule has 2 rings (SSSR count). The lowest BCUT2D eigenvalue weighted by atomic mass is 9.87. The Labute approximate surface area is 208 Å². The number of carbonyl (C=O) groups excluding carboxylic acids is 4. The molecule has 0 saturated carbocycles. The van der Waals surface area contributed by atoms with E-state index in [4.69, 9.17) is 13.6 Å². The second-order valence-corrected chi connectivity index (χ2v) is 11.0. The van der Waals surface area contributed by atoms with Gasteiger partial charge < -0.3 is 19.9 Å². The number of hydrogen-bond acceptors (Lipinski definition) is 10. The molecule has 1 aliphatic rings. The first-order valence-corrected chi connectivity index (χ1v) is 13.4. The third kappa shape index (κ3) is 10.0. The van der Waals surface area contributed by atoms with Crippen LogP contribution < -0.4 is 15.2 Å². The molecule has 1 aromatic carbocycles. The molecule has 1 heterocycles. The van der Waals surface area contributed by atoms with Gasteiger partial charge in [0.15, 0.2) is 11.2 Å². The van der Waals surface area contributed by atoms with E-state index < -0.39 is 31.2 Å². The number of ether oxygens (including phenoxy) is 1. The lowest BCUT2D eigenvalue weighted by molar-refractivity contribution is -0.141. The van der Waals surface area contributed by atoms with Crippen molar-refractivity contribution in [3.05, 3.63) is 30.3 Å². The average Bonchev–Trinajstić information content (AvgIpc) is 2.82. The monoisotopic (exact) mass is 530 g/mol. The lowest BCUT2D eigenvalue weighted by Crippen LogP contribution is -2.50. The van der Waals surface area contributed by atoms with Crippen molar-refractivity contribution < 1.29 is 42.1 Å². The smallest absolute Gasteiger partial charge is 0.469 e. The lowest BCUT2D eigenvalue weighted by Gasteiger charge is -2.39. The summed E-state index contributed by atoms with van der Waals surface area (Å²) >= 11 is 1.02. The molecule has 194 valence electrons. The van der Waals surface area contributed by atoms with Crippen molar-refractivity contribution in [1.29, 1.82) is 0 Å². The van der Waals surface area contributed by atoms with Gasteiger partial charge in [-0.1, -0.05) is 43.8 Å². The summed E-state index contributed by atoms with van der Waals surface area (Å²) in [5.74, 6) is -0.642. The van der Waals surface area contributed by atoms with E-state index in [1.807, 2.05) is 0 Å². The minimum Gasteiger partial charge on any atom is -0.469 e. The minimum atomic E-state index is -4.01. The predicted molar refractivity (Wildman–Crippen MR) is 129 cm³/mol. The molecule has 1 aliphatic heterocycles. The Hall–Kier alpha value is -2.40. The highest BCUT2D eigenvalue weighted by atomic mass is 32.2. The largest absolute Gasteiger partial charge is 0.530 e. The van der Waals surface area contributed by atoms with Crippen LogP contribution in [0.5, 0.6) is 5.75 Å². The Kier molecular flexibility index (Phi) is 11.2. The Morgan fingerprint density at radius 2 is 1.80 bits per heavy atom. The van der Waals surface area contributed by atoms with Crippen molar-refractivity contribution in [3.63, 3.8) is 0 Å². The number of para-hydroxylation sites is 1. The fourth-order valence-electron chi connectivity index (χ4n) is 2.90. The predicted octanol–water partition coefficient (Wildman–Crippen LogP) is 2.45. The van der Waals surface area contributed by atoms with Crippen LogP contribution in [0, 0.1) is 5.41 Å². The van der Waals surface area contributed by atoms with Crippen LogP contribution in [0.25, 0.3) is 0 Å². The van der Waals surface area contributed by atoms with Gasteiger partial charge in [0.25, 0.3) is 5.91 Å². The fraction of sp³-hybridized carbons (Fsp3) is 0.545. The standard InChI is InChI=1S/C22H31N2O9PS/c1-22(2)15-31-34(29,32-16-7-5-4-6-8-16)33-20(22)21(28)24-12-11-17(25)23-13-14-35-19(27)10-9-18(26)30-3/h4-8,20H,9-15H2,1-3H3,(H,23,25)(H,24,28)/t20-,34?/m0/s1. The van der Waals surface area contributed by atoms with Crippen molar-refractivity contribution in [1.82, 2.24) is 10.6 Å². The van der Waals surface area contributed by atoms with E-state index in [1.165, 1.54) is 7.11 Å². The molecule has 1 saturated heterocycles. The summed E-state index contributed by atoms with van der Waals surface area (Å²) in [7, 11) is -2.75. The van der Waals surface area contributed by atoms with Gasteiger partial charge in [-0.15, -0.1) is 0 Å². The van der Waals surface area contributed by atoms with E-state index >= 15 is 0 Å². The zero-order chi connectivity index (χ0) is 25.9. The Bertz CT molecular complexity index is 942. The topological polar surface area (TPSA) is 146 Å². The van der Waals surface area contributed by atoms with Gasteiger partial charge in [0.05, 0.1) is 20.1 Å². The molecule has 0 radical (unpaired) electrons. The van der Waals surface area contributed by atoms with Gasteiger partial charge in [0.1, 0.15) is 5.75 Å². The molecule has 13 heteroatoms. The molecule has 0 aliphatic carbocycles. The molecule has 0 aromatic heterocycles. The van der Waals surface area contributed by atoms with E-state index in [0.717, 1.165) is 11.8 Å². The van der Waals surface area contributed by atoms with Gasteiger partial charge in [0, 0.05) is 37.1 Å². The number of carbonyl (C=O) groups is 4. The Balaban J connectivity index is 1.72. The number of thioether (sulfide) groups is 1. The number of amides is 2. The summed E-state index contributed by atoms with van der Waals surface area (Å²) in [6, 6.07) is 8.36. The summed E-state index contributed by atoms with van der Waals surface area (Å²) in [5, 5.41) is 5.11. The van der Waals surface area contributed by atoms with Gasteiger partial charge in [-0.05, 0) is 12.1 Å². The number of nitrogens with one attached hydrogen (secondary N) is 2.